The van der Waals surface area contributed by atoms with Crippen LogP contribution in [0.2, 0.25) is 0 Å². The van der Waals surface area contributed by atoms with Crippen molar-refractivity contribution >= 4 is 39.0 Å². The second-order valence-corrected chi connectivity index (χ2v) is 7.55. The van der Waals surface area contributed by atoms with Gasteiger partial charge in [-0.05, 0) is 42.0 Å². The van der Waals surface area contributed by atoms with Crippen molar-refractivity contribution in [2.45, 2.75) is 6.54 Å². The molecule has 4 rings (SSSR count). The van der Waals surface area contributed by atoms with Gasteiger partial charge >= 0.3 is 0 Å². The van der Waals surface area contributed by atoms with Crippen molar-refractivity contribution in [2.75, 3.05) is 12.4 Å². The third kappa shape index (κ3) is 3.84. The van der Waals surface area contributed by atoms with Crippen LogP contribution in [0.4, 0.5) is 5.69 Å². The molecule has 1 aliphatic heterocycles. The van der Waals surface area contributed by atoms with Gasteiger partial charge in [-0.1, -0.05) is 40.2 Å². The van der Waals surface area contributed by atoms with E-state index in [1.54, 1.807) is 36.7 Å². The summed E-state index contributed by atoms with van der Waals surface area (Å²) in [5.41, 5.74) is 2.57. The molecule has 0 saturated carbocycles. The molecule has 6 nitrogen and oxygen atoms in total. The van der Waals surface area contributed by atoms with E-state index in [-0.39, 0.29) is 23.7 Å². The topological polar surface area (TPSA) is 71.5 Å². The fourth-order valence-electron chi connectivity index (χ4n) is 3.32. The highest BCUT2D eigenvalue weighted by molar-refractivity contribution is 9.10. The lowest BCUT2D eigenvalue weighted by Gasteiger charge is -2.15. The third-order valence-corrected chi connectivity index (χ3v) is 5.22. The number of ether oxygens (including phenoxy) is 1. The van der Waals surface area contributed by atoms with Gasteiger partial charge in [-0.25, -0.2) is 0 Å². The summed E-state index contributed by atoms with van der Waals surface area (Å²) < 4.78 is 6.31. The second-order valence-electron chi connectivity index (χ2n) is 6.64. The molecule has 7 heteroatoms. The number of methoxy groups -OCH3 is 1. The van der Waals surface area contributed by atoms with Crippen LogP contribution in [0, 0.1) is 0 Å². The highest BCUT2D eigenvalue weighted by atomic mass is 79.9. The number of amides is 2. The third-order valence-electron chi connectivity index (χ3n) is 4.73. The number of nitrogens with one attached hydrogen (secondary N) is 1. The van der Waals surface area contributed by atoms with Crippen molar-refractivity contribution in [1.29, 1.82) is 0 Å². The van der Waals surface area contributed by atoms with Crippen molar-refractivity contribution in [3.63, 3.8) is 0 Å². The minimum Gasteiger partial charge on any atom is -0.496 e. The van der Waals surface area contributed by atoms with E-state index >= 15 is 0 Å². The molecule has 1 aliphatic rings. The Hall–Kier alpha value is -3.45. The van der Waals surface area contributed by atoms with E-state index in [0.717, 1.165) is 10.0 Å². The van der Waals surface area contributed by atoms with Crippen molar-refractivity contribution in [3.05, 3.63) is 94.4 Å². The van der Waals surface area contributed by atoms with Gasteiger partial charge < -0.3 is 10.1 Å². The summed E-state index contributed by atoms with van der Waals surface area (Å²) >= 11 is 3.43. The van der Waals surface area contributed by atoms with Crippen LogP contribution in [-0.4, -0.2) is 28.8 Å². The maximum absolute atomic E-state index is 13.4. The number of hydrogen-bond acceptors (Lipinski definition) is 5. The van der Waals surface area contributed by atoms with E-state index in [0.29, 0.717) is 17.0 Å². The Bertz CT molecular complexity index is 1150. The fourth-order valence-corrected chi connectivity index (χ4v) is 3.72. The number of hydrogen-bond donors (Lipinski definition) is 1. The number of carbonyl (C=O) groups is 2. The Balaban J connectivity index is 1.79. The highest BCUT2D eigenvalue weighted by Gasteiger charge is 2.40. The average molecular weight is 464 g/mol. The largest absolute Gasteiger partial charge is 0.496 e. The predicted octanol–water partition coefficient (Wildman–Crippen LogP) is 4.24. The zero-order valence-corrected chi connectivity index (χ0v) is 17.7. The lowest BCUT2D eigenvalue weighted by Crippen LogP contribution is -2.32. The van der Waals surface area contributed by atoms with Gasteiger partial charge in [0.1, 0.15) is 11.4 Å². The molecular weight excluding hydrogens is 446 g/mol. The molecule has 0 spiro atoms. The summed E-state index contributed by atoms with van der Waals surface area (Å²) in [6.45, 7) is 0.155. The summed E-state index contributed by atoms with van der Waals surface area (Å²) in [7, 11) is 1.54. The number of halogens is 1. The first-order valence-electron chi connectivity index (χ1n) is 9.24. The number of anilines is 1. The first kappa shape index (κ1) is 19.8. The van der Waals surface area contributed by atoms with Crippen molar-refractivity contribution < 1.29 is 14.3 Å². The molecule has 0 unspecified atom stereocenters. The predicted molar refractivity (Wildman–Crippen MR) is 117 cm³/mol. The summed E-state index contributed by atoms with van der Waals surface area (Å²) in [5, 5.41) is 3.15. The van der Waals surface area contributed by atoms with E-state index in [1.165, 1.54) is 12.0 Å². The number of para-hydroxylation sites is 1. The Morgan fingerprint density at radius 1 is 1.00 bits per heavy atom. The van der Waals surface area contributed by atoms with Gasteiger partial charge in [0.15, 0.2) is 0 Å². The molecule has 0 radical (unpaired) electrons. The van der Waals surface area contributed by atoms with Crippen molar-refractivity contribution in [3.8, 4) is 5.75 Å². The van der Waals surface area contributed by atoms with Crippen LogP contribution in [0.15, 0.2) is 83.2 Å². The molecule has 2 aromatic carbocycles. The Morgan fingerprint density at radius 2 is 1.77 bits per heavy atom. The number of imide groups is 1. The number of pyridine rings is 1. The zero-order valence-electron chi connectivity index (χ0n) is 16.1. The van der Waals surface area contributed by atoms with Crippen LogP contribution in [-0.2, 0) is 16.1 Å². The minimum absolute atomic E-state index is 0.155. The van der Waals surface area contributed by atoms with Crippen LogP contribution in [0.1, 0.15) is 11.1 Å². The van der Waals surface area contributed by atoms with Crippen LogP contribution in [0.3, 0.4) is 0 Å². The van der Waals surface area contributed by atoms with Crippen LogP contribution in [0.5, 0.6) is 5.75 Å². The first-order chi connectivity index (χ1) is 14.6. The Morgan fingerprint density at radius 3 is 2.50 bits per heavy atom. The van der Waals surface area contributed by atoms with Gasteiger partial charge in [0.2, 0.25) is 0 Å². The number of carbonyl (C=O) groups excluding carboxylic acids is 2. The molecule has 3 aromatic rings. The molecule has 0 bridgehead atoms. The molecule has 0 saturated heterocycles. The molecule has 1 aromatic heterocycles. The maximum atomic E-state index is 13.4. The summed E-state index contributed by atoms with van der Waals surface area (Å²) in [4.78, 5) is 31.9. The molecule has 150 valence electrons. The quantitative estimate of drug-likeness (QED) is 0.553. The van der Waals surface area contributed by atoms with Gasteiger partial charge in [-0.3, -0.25) is 19.5 Å². The average Bonchev–Trinajstić information content (AvgIpc) is 2.98. The minimum atomic E-state index is -0.391. The van der Waals surface area contributed by atoms with Crippen LogP contribution in [0.25, 0.3) is 5.57 Å². The Labute approximate surface area is 182 Å². The number of aromatic nitrogens is 1. The summed E-state index contributed by atoms with van der Waals surface area (Å²) in [5.74, 6) is -0.246. The van der Waals surface area contributed by atoms with Crippen LogP contribution < -0.4 is 10.1 Å². The number of benzene rings is 2. The molecular formula is C23H18BrN3O3. The monoisotopic (exact) mass is 463 g/mol. The van der Waals surface area contributed by atoms with Crippen molar-refractivity contribution in [1.82, 2.24) is 9.88 Å². The van der Waals surface area contributed by atoms with Gasteiger partial charge in [0.25, 0.3) is 11.8 Å². The molecule has 1 N–H and O–H groups in total. The molecule has 0 fully saturated rings. The number of nitrogens with zero attached hydrogens (tertiary/aromatic N) is 2. The van der Waals surface area contributed by atoms with Gasteiger partial charge in [-0.2, -0.15) is 0 Å². The number of rotatable bonds is 6. The second kappa shape index (κ2) is 8.51. The zero-order chi connectivity index (χ0) is 21.1. The van der Waals surface area contributed by atoms with E-state index < -0.39 is 5.91 Å². The maximum Gasteiger partial charge on any atom is 0.278 e. The van der Waals surface area contributed by atoms with E-state index in [4.69, 9.17) is 4.74 Å². The molecule has 2 heterocycles. The summed E-state index contributed by atoms with van der Waals surface area (Å²) in [6.07, 6.45) is 3.27. The van der Waals surface area contributed by atoms with E-state index in [1.807, 2.05) is 36.4 Å². The van der Waals surface area contributed by atoms with Gasteiger partial charge in [0.05, 0.1) is 19.2 Å². The smallest absolute Gasteiger partial charge is 0.278 e. The van der Waals surface area contributed by atoms with Crippen LogP contribution >= 0.6 is 15.9 Å². The SMILES string of the molecule is COc1ccccc1C1=C(Nc2cccc(Br)c2)C(=O)N(Cc2ccncc2)C1=O. The lowest BCUT2D eigenvalue weighted by atomic mass is 10.0. The highest BCUT2D eigenvalue weighted by Crippen LogP contribution is 2.36. The normalized spacial score (nSPS) is 13.7. The standard InChI is InChI=1S/C23H18BrN3O3/c1-30-19-8-3-2-7-18(19)20-21(26-17-6-4-5-16(24)13-17)23(29)27(22(20)28)14-15-9-11-25-12-10-15/h2-13,26H,14H2,1H3. The Kier molecular flexibility index (Phi) is 5.63. The molecule has 0 aliphatic carbocycles. The first-order valence-corrected chi connectivity index (χ1v) is 10.0. The van der Waals surface area contributed by atoms with E-state index in [2.05, 4.69) is 26.2 Å². The van der Waals surface area contributed by atoms with Gasteiger partial charge in [-0.15, -0.1) is 0 Å². The fraction of sp³-hybridized carbons (Fsp3) is 0.0870. The molecule has 30 heavy (non-hydrogen) atoms. The molecule has 0 atom stereocenters. The molecule has 2 amide bonds. The van der Waals surface area contributed by atoms with Gasteiger partial charge in [0, 0.05) is 28.1 Å². The van der Waals surface area contributed by atoms with E-state index in [9.17, 15) is 9.59 Å². The van der Waals surface area contributed by atoms with Crippen molar-refractivity contribution in [2.24, 2.45) is 0 Å². The summed E-state index contributed by atoms with van der Waals surface area (Å²) in [6, 6.07) is 18.2. The lowest BCUT2D eigenvalue weighted by molar-refractivity contribution is -0.137.